The SMILES string of the molecule is CCC(=O)COc1cccc(C(=O)O)c1. The number of carboxylic acid groups (broad SMARTS) is 1. The van der Waals surface area contributed by atoms with Crippen LogP contribution < -0.4 is 4.74 Å². The van der Waals surface area contributed by atoms with E-state index < -0.39 is 5.97 Å². The molecule has 0 aliphatic rings. The molecule has 1 aromatic rings. The van der Waals surface area contributed by atoms with Gasteiger partial charge < -0.3 is 9.84 Å². The van der Waals surface area contributed by atoms with Crippen LogP contribution in [0.4, 0.5) is 0 Å². The molecule has 0 saturated carbocycles. The van der Waals surface area contributed by atoms with Crippen LogP contribution in [0.2, 0.25) is 0 Å². The molecule has 0 heterocycles. The monoisotopic (exact) mass is 208 g/mol. The van der Waals surface area contributed by atoms with E-state index in [4.69, 9.17) is 9.84 Å². The lowest BCUT2D eigenvalue weighted by molar-refractivity contribution is -0.120. The fourth-order valence-electron chi connectivity index (χ4n) is 0.985. The van der Waals surface area contributed by atoms with Crippen LogP contribution in [0.3, 0.4) is 0 Å². The van der Waals surface area contributed by atoms with Crippen molar-refractivity contribution in [1.82, 2.24) is 0 Å². The van der Waals surface area contributed by atoms with Crippen molar-refractivity contribution in [3.63, 3.8) is 0 Å². The Morgan fingerprint density at radius 3 is 2.73 bits per heavy atom. The van der Waals surface area contributed by atoms with Crippen molar-refractivity contribution in [2.75, 3.05) is 6.61 Å². The molecule has 0 aliphatic heterocycles. The Balaban J connectivity index is 2.66. The van der Waals surface area contributed by atoms with E-state index in [0.29, 0.717) is 12.2 Å². The predicted molar refractivity (Wildman–Crippen MR) is 54.2 cm³/mol. The fraction of sp³-hybridized carbons (Fsp3) is 0.273. The van der Waals surface area contributed by atoms with Gasteiger partial charge in [0.25, 0.3) is 0 Å². The van der Waals surface area contributed by atoms with Crippen LogP contribution in [0.25, 0.3) is 0 Å². The van der Waals surface area contributed by atoms with Gasteiger partial charge in [0.15, 0.2) is 5.78 Å². The third-order valence-corrected chi connectivity index (χ3v) is 1.88. The van der Waals surface area contributed by atoms with Crippen molar-refractivity contribution in [2.24, 2.45) is 0 Å². The van der Waals surface area contributed by atoms with Crippen LogP contribution >= 0.6 is 0 Å². The molecule has 80 valence electrons. The van der Waals surface area contributed by atoms with Crippen molar-refractivity contribution in [3.05, 3.63) is 29.8 Å². The number of carboxylic acids is 1. The quantitative estimate of drug-likeness (QED) is 0.800. The minimum atomic E-state index is -1.01. The second kappa shape index (κ2) is 5.14. The maximum Gasteiger partial charge on any atom is 0.335 e. The smallest absolute Gasteiger partial charge is 0.335 e. The Morgan fingerprint density at radius 2 is 2.13 bits per heavy atom. The summed E-state index contributed by atoms with van der Waals surface area (Å²) in [7, 11) is 0. The van der Waals surface area contributed by atoms with Crippen molar-refractivity contribution < 1.29 is 19.4 Å². The Labute approximate surface area is 87.5 Å². The standard InChI is InChI=1S/C11H12O4/c1-2-9(12)7-15-10-5-3-4-8(6-10)11(13)14/h3-6H,2,7H2,1H3,(H,13,14). The van der Waals surface area contributed by atoms with E-state index in [1.807, 2.05) is 0 Å². The maximum atomic E-state index is 11.0. The van der Waals surface area contributed by atoms with Gasteiger partial charge >= 0.3 is 5.97 Å². The zero-order chi connectivity index (χ0) is 11.3. The number of ketones is 1. The predicted octanol–water partition coefficient (Wildman–Crippen LogP) is 1.74. The van der Waals surface area contributed by atoms with E-state index in [1.54, 1.807) is 19.1 Å². The topological polar surface area (TPSA) is 63.6 Å². The summed E-state index contributed by atoms with van der Waals surface area (Å²) in [5.41, 5.74) is 0.149. The number of carbonyl (C=O) groups excluding carboxylic acids is 1. The van der Waals surface area contributed by atoms with E-state index >= 15 is 0 Å². The normalized spacial score (nSPS) is 9.67. The average molecular weight is 208 g/mol. The molecule has 0 unspecified atom stereocenters. The van der Waals surface area contributed by atoms with Gasteiger partial charge in [0.2, 0.25) is 0 Å². The van der Waals surface area contributed by atoms with E-state index in [-0.39, 0.29) is 18.0 Å². The van der Waals surface area contributed by atoms with Crippen molar-refractivity contribution in [1.29, 1.82) is 0 Å². The largest absolute Gasteiger partial charge is 0.486 e. The first-order valence-corrected chi connectivity index (χ1v) is 4.61. The number of hydrogen-bond donors (Lipinski definition) is 1. The molecule has 0 aromatic heterocycles. The molecular formula is C11H12O4. The van der Waals surface area contributed by atoms with Gasteiger partial charge in [-0.3, -0.25) is 4.79 Å². The number of hydrogen-bond acceptors (Lipinski definition) is 3. The first kappa shape index (κ1) is 11.2. The van der Waals surface area contributed by atoms with Crippen molar-refractivity contribution in [2.45, 2.75) is 13.3 Å². The van der Waals surface area contributed by atoms with Gasteiger partial charge in [-0.05, 0) is 18.2 Å². The third kappa shape index (κ3) is 3.42. The maximum absolute atomic E-state index is 11.0. The molecule has 0 radical (unpaired) electrons. The lowest BCUT2D eigenvalue weighted by atomic mass is 10.2. The molecular weight excluding hydrogens is 196 g/mol. The number of benzene rings is 1. The van der Waals surface area contributed by atoms with Gasteiger partial charge in [0.1, 0.15) is 12.4 Å². The highest BCUT2D eigenvalue weighted by molar-refractivity contribution is 5.88. The summed E-state index contributed by atoms with van der Waals surface area (Å²) in [5, 5.41) is 8.71. The van der Waals surface area contributed by atoms with E-state index in [1.165, 1.54) is 12.1 Å². The highest BCUT2D eigenvalue weighted by Crippen LogP contribution is 2.13. The second-order valence-electron chi connectivity index (χ2n) is 3.01. The average Bonchev–Trinajstić information content (AvgIpc) is 2.26. The molecule has 0 spiro atoms. The summed E-state index contributed by atoms with van der Waals surface area (Å²) >= 11 is 0. The van der Waals surface area contributed by atoms with Gasteiger partial charge in [-0.1, -0.05) is 13.0 Å². The summed E-state index contributed by atoms with van der Waals surface area (Å²) in [6.07, 6.45) is 0.415. The van der Waals surface area contributed by atoms with E-state index in [9.17, 15) is 9.59 Å². The van der Waals surface area contributed by atoms with Crippen LogP contribution in [-0.2, 0) is 4.79 Å². The van der Waals surface area contributed by atoms with Gasteiger partial charge in [-0.25, -0.2) is 4.79 Å². The van der Waals surface area contributed by atoms with Crippen LogP contribution in [-0.4, -0.2) is 23.5 Å². The molecule has 0 amide bonds. The number of aromatic carboxylic acids is 1. The van der Waals surface area contributed by atoms with Gasteiger partial charge in [-0.15, -0.1) is 0 Å². The van der Waals surface area contributed by atoms with Crippen molar-refractivity contribution in [3.8, 4) is 5.75 Å². The molecule has 0 fully saturated rings. The molecule has 1 rings (SSSR count). The molecule has 15 heavy (non-hydrogen) atoms. The fourth-order valence-corrected chi connectivity index (χ4v) is 0.985. The first-order valence-electron chi connectivity index (χ1n) is 4.61. The Bertz CT molecular complexity index is 371. The van der Waals surface area contributed by atoms with E-state index in [0.717, 1.165) is 0 Å². The number of ether oxygens (including phenoxy) is 1. The Hall–Kier alpha value is -1.84. The summed E-state index contributed by atoms with van der Waals surface area (Å²) in [4.78, 5) is 21.6. The lowest BCUT2D eigenvalue weighted by Gasteiger charge is -2.04. The van der Waals surface area contributed by atoms with Crippen LogP contribution in [0, 0.1) is 0 Å². The summed E-state index contributed by atoms with van der Waals surface area (Å²) in [6, 6.07) is 6.06. The number of carbonyl (C=O) groups is 2. The summed E-state index contributed by atoms with van der Waals surface area (Å²) < 4.78 is 5.14. The van der Waals surface area contributed by atoms with Crippen molar-refractivity contribution >= 4 is 11.8 Å². The number of Topliss-reactive ketones (excluding diaryl/α,β-unsaturated/α-hetero) is 1. The molecule has 1 aromatic carbocycles. The number of rotatable bonds is 5. The highest BCUT2D eigenvalue weighted by Gasteiger charge is 2.04. The van der Waals surface area contributed by atoms with Gasteiger partial charge in [0, 0.05) is 6.42 Å². The molecule has 0 atom stereocenters. The van der Waals surface area contributed by atoms with Gasteiger partial charge in [0.05, 0.1) is 5.56 Å². The van der Waals surface area contributed by atoms with Crippen LogP contribution in [0.15, 0.2) is 24.3 Å². The van der Waals surface area contributed by atoms with Gasteiger partial charge in [-0.2, -0.15) is 0 Å². The van der Waals surface area contributed by atoms with E-state index in [2.05, 4.69) is 0 Å². The summed E-state index contributed by atoms with van der Waals surface area (Å²) in [5.74, 6) is -0.630. The third-order valence-electron chi connectivity index (χ3n) is 1.88. The molecule has 4 heteroatoms. The molecule has 0 saturated heterocycles. The minimum absolute atomic E-state index is 0.0143. The zero-order valence-electron chi connectivity index (χ0n) is 8.40. The Morgan fingerprint density at radius 1 is 1.40 bits per heavy atom. The molecule has 0 bridgehead atoms. The highest BCUT2D eigenvalue weighted by atomic mass is 16.5. The molecule has 0 aliphatic carbocycles. The molecule has 4 nitrogen and oxygen atoms in total. The minimum Gasteiger partial charge on any atom is -0.486 e. The van der Waals surface area contributed by atoms with Crippen LogP contribution in [0.1, 0.15) is 23.7 Å². The molecule has 1 N–H and O–H groups in total. The van der Waals surface area contributed by atoms with Crippen LogP contribution in [0.5, 0.6) is 5.75 Å². The first-order chi connectivity index (χ1) is 7.13. The lowest BCUT2D eigenvalue weighted by Crippen LogP contribution is -2.09. The zero-order valence-corrected chi connectivity index (χ0v) is 8.40. The second-order valence-corrected chi connectivity index (χ2v) is 3.01. The summed E-state index contributed by atoms with van der Waals surface area (Å²) in [6.45, 7) is 1.74. The Kier molecular flexibility index (Phi) is 3.85.